The van der Waals surface area contributed by atoms with Gasteiger partial charge in [-0.25, -0.2) is 0 Å². The largest absolute Gasteiger partial charge is 0.341 e. The first kappa shape index (κ1) is 17.9. The third kappa shape index (κ3) is 3.39. The van der Waals surface area contributed by atoms with Crippen LogP contribution in [-0.2, 0) is 7.05 Å². The molecule has 2 aromatic heterocycles. The van der Waals surface area contributed by atoms with Crippen molar-refractivity contribution in [1.82, 2.24) is 24.6 Å². The van der Waals surface area contributed by atoms with Gasteiger partial charge in [0.15, 0.2) is 5.65 Å². The van der Waals surface area contributed by atoms with E-state index < -0.39 is 0 Å². The molecule has 1 aromatic carbocycles. The van der Waals surface area contributed by atoms with Crippen molar-refractivity contribution in [3.05, 3.63) is 36.0 Å². The third-order valence-corrected chi connectivity index (χ3v) is 5.73. The molecule has 0 saturated carbocycles. The lowest BCUT2D eigenvalue weighted by Crippen LogP contribution is -2.27. The molecule has 0 spiro atoms. The molecule has 0 unspecified atom stereocenters. The number of hydrogen-bond acceptors (Lipinski definition) is 6. The van der Waals surface area contributed by atoms with Crippen LogP contribution < -0.4 is 10.2 Å². The Kier molecular flexibility index (Phi) is 4.54. The number of fused-ring (bicyclic) bond motifs is 1. The minimum Gasteiger partial charge on any atom is -0.341 e. The molecule has 4 heterocycles. The van der Waals surface area contributed by atoms with Crippen LogP contribution in [0.4, 0.5) is 17.5 Å². The van der Waals surface area contributed by atoms with Gasteiger partial charge in [-0.15, -0.1) is 0 Å². The minimum atomic E-state index is 0.0955. The quantitative estimate of drug-likeness (QED) is 0.737. The average Bonchev–Trinajstić information content (AvgIpc) is 3.50. The predicted molar refractivity (Wildman–Crippen MR) is 113 cm³/mol. The zero-order chi connectivity index (χ0) is 19.8. The summed E-state index contributed by atoms with van der Waals surface area (Å²) in [6.07, 6.45) is 6.28. The molecular formula is C21H25N7O. The van der Waals surface area contributed by atoms with Crippen LogP contribution in [0.2, 0.25) is 0 Å². The molecule has 2 aliphatic heterocycles. The van der Waals surface area contributed by atoms with Gasteiger partial charge in [-0.05, 0) is 43.9 Å². The van der Waals surface area contributed by atoms with Crippen LogP contribution in [0.1, 0.15) is 36.0 Å². The molecule has 5 rings (SSSR count). The molecular weight excluding hydrogens is 366 g/mol. The molecule has 29 heavy (non-hydrogen) atoms. The second-order valence-corrected chi connectivity index (χ2v) is 7.78. The molecule has 3 aromatic rings. The van der Waals surface area contributed by atoms with Crippen molar-refractivity contribution in [2.75, 3.05) is 36.4 Å². The van der Waals surface area contributed by atoms with Crippen LogP contribution in [-0.4, -0.2) is 56.7 Å². The van der Waals surface area contributed by atoms with E-state index in [4.69, 9.17) is 9.97 Å². The minimum absolute atomic E-state index is 0.0955. The number of rotatable bonds is 4. The number of benzene rings is 1. The van der Waals surface area contributed by atoms with E-state index >= 15 is 0 Å². The summed E-state index contributed by atoms with van der Waals surface area (Å²) in [5.41, 5.74) is 2.34. The number of anilines is 3. The molecule has 8 heteroatoms. The van der Waals surface area contributed by atoms with Crippen molar-refractivity contribution in [1.29, 1.82) is 0 Å². The fourth-order valence-electron chi connectivity index (χ4n) is 4.13. The maximum atomic E-state index is 12.7. The van der Waals surface area contributed by atoms with Gasteiger partial charge in [-0.3, -0.25) is 9.48 Å². The molecule has 8 nitrogen and oxygen atoms in total. The maximum Gasteiger partial charge on any atom is 0.253 e. The van der Waals surface area contributed by atoms with Crippen molar-refractivity contribution in [3.63, 3.8) is 0 Å². The Hall–Kier alpha value is -3.16. The van der Waals surface area contributed by atoms with Crippen LogP contribution in [0.15, 0.2) is 30.5 Å². The van der Waals surface area contributed by atoms with Crippen LogP contribution in [0.3, 0.4) is 0 Å². The zero-order valence-corrected chi connectivity index (χ0v) is 16.6. The lowest BCUT2D eigenvalue weighted by Gasteiger charge is -2.18. The smallest absolute Gasteiger partial charge is 0.253 e. The number of carbonyl (C=O) groups is 1. The van der Waals surface area contributed by atoms with Crippen LogP contribution in [0, 0.1) is 0 Å². The number of aromatic nitrogens is 4. The molecule has 0 atom stereocenters. The standard InChI is InChI=1S/C21H25N7O/c1-26-19-17(14-22-26)18(24-21(25-19)28-11-4-5-12-28)23-16-8-6-7-15(13-16)20(29)27-9-2-3-10-27/h6-8,13-14H,2-5,9-12H2,1H3,(H,23,24,25). The molecule has 0 bridgehead atoms. The van der Waals surface area contributed by atoms with E-state index in [1.165, 1.54) is 0 Å². The number of aryl methyl sites for hydroxylation is 1. The van der Waals surface area contributed by atoms with E-state index in [2.05, 4.69) is 15.3 Å². The van der Waals surface area contributed by atoms with Gasteiger partial charge in [0.1, 0.15) is 5.82 Å². The number of hydrogen-bond donors (Lipinski definition) is 1. The summed E-state index contributed by atoms with van der Waals surface area (Å²) in [6, 6.07) is 7.65. The molecule has 0 aliphatic carbocycles. The van der Waals surface area contributed by atoms with Gasteiger partial charge in [0.05, 0.1) is 11.6 Å². The maximum absolute atomic E-state index is 12.7. The molecule has 150 valence electrons. The van der Waals surface area contributed by atoms with Crippen molar-refractivity contribution in [2.24, 2.45) is 7.05 Å². The predicted octanol–water partition coefficient (Wildman–Crippen LogP) is 2.94. The summed E-state index contributed by atoms with van der Waals surface area (Å²) in [6.45, 7) is 3.64. The van der Waals surface area contributed by atoms with Crippen molar-refractivity contribution in [2.45, 2.75) is 25.7 Å². The Balaban J connectivity index is 1.48. The Labute approximate surface area is 169 Å². The van der Waals surface area contributed by atoms with Gasteiger partial charge in [0.25, 0.3) is 5.91 Å². The number of carbonyl (C=O) groups excluding carboxylic acids is 1. The van der Waals surface area contributed by atoms with Crippen LogP contribution in [0.25, 0.3) is 11.0 Å². The number of likely N-dealkylation sites (tertiary alicyclic amines) is 1. The first-order valence-corrected chi connectivity index (χ1v) is 10.3. The lowest BCUT2D eigenvalue weighted by molar-refractivity contribution is 0.0793. The highest BCUT2D eigenvalue weighted by Gasteiger charge is 2.21. The number of amides is 1. The van der Waals surface area contributed by atoms with E-state index in [1.807, 2.05) is 36.2 Å². The van der Waals surface area contributed by atoms with Crippen molar-refractivity contribution < 1.29 is 4.79 Å². The summed E-state index contributed by atoms with van der Waals surface area (Å²) in [4.78, 5) is 26.4. The Morgan fingerprint density at radius 1 is 1.03 bits per heavy atom. The van der Waals surface area contributed by atoms with E-state index in [-0.39, 0.29) is 5.91 Å². The zero-order valence-electron chi connectivity index (χ0n) is 16.6. The SMILES string of the molecule is Cn1ncc2c(Nc3cccc(C(=O)N4CCCC4)c3)nc(N3CCCC3)nc21. The van der Waals surface area contributed by atoms with Gasteiger partial charge < -0.3 is 15.1 Å². The van der Waals surface area contributed by atoms with E-state index in [9.17, 15) is 4.79 Å². The molecule has 1 N–H and O–H groups in total. The Morgan fingerprint density at radius 2 is 1.79 bits per heavy atom. The summed E-state index contributed by atoms with van der Waals surface area (Å²) in [5, 5.41) is 8.63. The molecule has 2 saturated heterocycles. The van der Waals surface area contributed by atoms with Crippen molar-refractivity contribution >= 4 is 34.4 Å². The summed E-state index contributed by atoms with van der Waals surface area (Å²) >= 11 is 0. The highest BCUT2D eigenvalue weighted by molar-refractivity contribution is 5.96. The van der Waals surface area contributed by atoms with E-state index in [1.54, 1.807) is 10.9 Å². The second-order valence-electron chi connectivity index (χ2n) is 7.78. The first-order chi connectivity index (χ1) is 14.2. The topological polar surface area (TPSA) is 79.2 Å². The van der Waals surface area contributed by atoms with Gasteiger partial charge in [0.2, 0.25) is 5.95 Å². The van der Waals surface area contributed by atoms with E-state index in [0.717, 1.165) is 80.3 Å². The Bertz CT molecular complexity index is 1050. The average molecular weight is 391 g/mol. The van der Waals surface area contributed by atoms with E-state index in [0.29, 0.717) is 5.56 Å². The second kappa shape index (κ2) is 7.35. The van der Waals surface area contributed by atoms with Crippen molar-refractivity contribution in [3.8, 4) is 0 Å². The summed E-state index contributed by atoms with van der Waals surface area (Å²) < 4.78 is 1.77. The fraction of sp³-hybridized carbons (Fsp3) is 0.429. The fourth-order valence-corrected chi connectivity index (χ4v) is 4.13. The van der Waals surface area contributed by atoms with Gasteiger partial charge in [0, 0.05) is 44.5 Å². The third-order valence-electron chi connectivity index (χ3n) is 5.73. The molecule has 0 radical (unpaired) electrons. The monoisotopic (exact) mass is 391 g/mol. The summed E-state index contributed by atoms with van der Waals surface area (Å²) in [5.74, 6) is 1.54. The lowest BCUT2D eigenvalue weighted by atomic mass is 10.1. The first-order valence-electron chi connectivity index (χ1n) is 10.3. The summed E-state index contributed by atoms with van der Waals surface area (Å²) in [7, 11) is 1.89. The van der Waals surface area contributed by atoms with Gasteiger partial charge in [-0.1, -0.05) is 6.07 Å². The van der Waals surface area contributed by atoms with Gasteiger partial charge in [-0.2, -0.15) is 15.1 Å². The highest BCUT2D eigenvalue weighted by Crippen LogP contribution is 2.28. The van der Waals surface area contributed by atoms with Crippen LogP contribution in [0.5, 0.6) is 0 Å². The number of nitrogens with zero attached hydrogens (tertiary/aromatic N) is 6. The number of nitrogens with one attached hydrogen (secondary N) is 1. The molecule has 2 fully saturated rings. The Morgan fingerprint density at radius 3 is 2.59 bits per heavy atom. The molecule has 1 amide bonds. The van der Waals surface area contributed by atoms with Gasteiger partial charge >= 0.3 is 0 Å². The normalized spacial score (nSPS) is 16.7. The molecule has 2 aliphatic rings. The van der Waals surface area contributed by atoms with Crippen LogP contribution >= 0.6 is 0 Å². The highest BCUT2D eigenvalue weighted by atomic mass is 16.2.